The van der Waals surface area contributed by atoms with Crippen LogP contribution in [0.25, 0.3) is 0 Å². The Morgan fingerprint density at radius 3 is 2.54 bits per heavy atom. The van der Waals surface area contributed by atoms with Crippen molar-refractivity contribution in [1.82, 2.24) is 24.7 Å². The molecule has 2 rings (SSSR count). The summed E-state index contributed by atoms with van der Waals surface area (Å²) in [6, 6.07) is 8.53. The second-order valence-electron chi connectivity index (χ2n) is 6.30. The van der Waals surface area contributed by atoms with Crippen molar-refractivity contribution in [3.05, 3.63) is 54.1 Å². The van der Waals surface area contributed by atoms with Crippen LogP contribution in [-0.2, 0) is 6.54 Å². The van der Waals surface area contributed by atoms with Crippen LogP contribution in [0.5, 0.6) is 0 Å². The van der Waals surface area contributed by atoms with Crippen LogP contribution in [0.4, 0.5) is 4.79 Å². The number of aromatic nitrogens is 2. The minimum absolute atomic E-state index is 0.0610. The van der Waals surface area contributed by atoms with Gasteiger partial charge in [0, 0.05) is 39.1 Å². The van der Waals surface area contributed by atoms with Crippen molar-refractivity contribution in [2.75, 3.05) is 34.2 Å². The van der Waals surface area contributed by atoms with Crippen molar-refractivity contribution in [3.8, 4) is 0 Å². The topological polar surface area (TPSA) is 53.4 Å². The molecule has 6 heteroatoms. The molecule has 1 heterocycles. The number of carbonyl (C=O) groups is 1. The zero-order valence-electron chi connectivity index (χ0n) is 14.9. The predicted molar refractivity (Wildman–Crippen MR) is 95.9 cm³/mol. The lowest BCUT2D eigenvalue weighted by molar-refractivity contribution is 0.201. The second-order valence-corrected chi connectivity index (χ2v) is 6.30. The zero-order chi connectivity index (χ0) is 17.5. The number of nitrogens with one attached hydrogen (secondary N) is 1. The average molecular weight is 329 g/mol. The maximum Gasteiger partial charge on any atom is 0.317 e. The van der Waals surface area contributed by atoms with Gasteiger partial charge in [0.2, 0.25) is 0 Å². The van der Waals surface area contributed by atoms with E-state index in [0.717, 1.165) is 6.54 Å². The number of likely N-dealkylation sites (N-methyl/N-ethyl adjacent to an activating group) is 2. The summed E-state index contributed by atoms with van der Waals surface area (Å²) in [6.45, 7) is 4.02. The highest BCUT2D eigenvalue weighted by Gasteiger charge is 2.16. The van der Waals surface area contributed by atoms with E-state index in [-0.39, 0.29) is 12.1 Å². The molecule has 0 aliphatic carbocycles. The lowest BCUT2D eigenvalue weighted by Crippen LogP contribution is -2.42. The van der Waals surface area contributed by atoms with E-state index in [2.05, 4.69) is 46.4 Å². The first-order valence-electron chi connectivity index (χ1n) is 8.15. The summed E-state index contributed by atoms with van der Waals surface area (Å²) in [6.07, 6.45) is 5.39. The summed E-state index contributed by atoms with van der Waals surface area (Å²) < 4.78 is 1.96. The smallest absolute Gasteiger partial charge is 0.317 e. The SMILES string of the molecule is Cc1ccc([C@H](CNC(=O)N(C)CCn2ccnc2)N(C)C)cc1. The normalized spacial score (nSPS) is 12.2. The lowest BCUT2D eigenvalue weighted by atomic mass is 10.0. The van der Waals surface area contributed by atoms with Gasteiger partial charge in [-0.3, -0.25) is 0 Å². The summed E-state index contributed by atoms with van der Waals surface area (Å²) in [5.41, 5.74) is 2.44. The fraction of sp³-hybridized carbons (Fsp3) is 0.444. The summed E-state index contributed by atoms with van der Waals surface area (Å²) >= 11 is 0. The molecule has 1 aromatic heterocycles. The third-order valence-electron chi connectivity index (χ3n) is 4.13. The molecule has 2 amide bonds. The molecular weight excluding hydrogens is 302 g/mol. The van der Waals surface area contributed by atoms with Crippen LogP contribution >= 0.6 is 0 Å². The first kappa shape index (κ1) is 18.0. The van der Waals surface area contributed by atoms with E-state index in [1.54, 1.807) is 17.4 Å². The number of hydrogen-bond donors (Lipinski definition) is 1. The summed E-state index contributed by atoms with van der Waals surface area (Å²) in [4.78, 5) is 20.1. The molecule has 24 heavy (non-hydrogen) atoms. The van der Waals surface area contributed by atoms with E-state index in [4.69, 9.17) is 0 Å². The predicted octanol–water partition coefficient (Wildman–Crippen LogP) is 2.14. The average Bonchev–Trinajstić information content (AvgIpc) is 3.07. The molecule has 130 valence electrons. The van der Waals surface area contributed by atoms with Gasteiger partial charge in [-0.25, -0.2) is 9.78 Å². The van der Waals surface area contributed by atoms with Crippen LogP contribution in [0.2, 0.25) is 0 Å². The minimum Gasteiger partial charge on any atom is -0.336 e. The number of nitrogens with zero attached hydrogens (tertiary/aromatic N) is 4. The van der Waals surface area contributed by atoms with Crippen LogP contribution in [0.15, 0.2) is 43.0 Å². The fourth-order valence-electron chi connectivity index (χ4n) is 2.49. The largest absolute Gasteiger partial charge is 0.336 e. The highest BCUT2D eigenvalue weighted by atomic mass is 16.2. The molecule has 0 unspecified atom stereocenters. The number of rotatable bonds is 7. The van der Waals surface area contributed by atoms with E-state index in [9.17, 15) is 4.79 Å². The van der Waals surface area contributed by atoms with Gasteiger partial charge in [-0.15, -0.1) is 0 Å². The number of amides is 2. The Labute approximate surface area is 144 Å². The first-order chi connectivity index (χ1) is 11.5. The molecule has 2 aromatic rings. The van der Waals surface area contributed by atoms with Crippen LogP contribution in [0.1, 0.15) is 17.2 Å². The van der Waals surface area contributed by atoms with E-state index >= 15 is 0 Å². The molecule has 6 nitrogen and oxygen atoms in total. The van der Waals surface area contributed by atoms with Gasteiger partial charge in [0.1, 0.15) is 0 Å². The molecule has 1 N–H and O–H groups in total. The van der Waals surface area contributed by atoms with Gasteiger partial charge in [0.05, 0.1) is 12.4 Å². The quantitative estimate of drug-likeness (QED) is 0.847. The van der Waals surface area contributed by atoms with Crippen molar-refractivity contribution >= 4 is 6.03 Å². The van der Waals surface area contributed by atoms with Gasteiger partial charge < -0.3 is 19.7 Å². The Hall–Kier alpha value is -2.34. The Balaban J connectivity index is 1.86. The Morgan fingerprint density at radius 2 is 1.96 bits per heavy atom. The molecular formula is C18H27N5O. The van der Waals surface area contributed by atoms with Crippen LogP contribution in [0.3, 0.4) is 0 Å². The molecule has 1 atom stereocenters. The monoisotopic (exact) mass is 329 g/mol. The van der Waals surface area contributed by atoms with Gasteiger partial charge in [-0.2, -0.15) is 0 Å². The second kappa shape index (κ2) is 8.49. The van der Waals surface area contributed by atoms with E-state index < -0.39 is 0 Å². The zero-order valence-corrected chi connectivity index (χ0v) is 14.9. The lowest BCUT2D eigenvalue weighted by Gasteiger charge is -2.26. The Bertz CT molecular complexity index is 621. The molecule has 0 radical (unpaired) electrons. The van der Waals surface area contributed by atoms with Gasteiger partial charge in [-0.1, -0.05) is 29.8 Å². The maximum absolute atomic E-state index is 12.3. The van der Waals surface area contributed by atoms with Crippen LogP contribution in [0, 0.1) is 6.92 Å². The highest BCUT2D eigenvalue weighted by molar-refractivity contribution is 5.73. The number of benzene rings is 1. The summed E-state index contributed by atoms with van der Waals surface area (Å²) in [5, 5.41) is 3.03. The molecule has 0 spiro atoms. The van der Waals surface area contributed by atoms with Crippen molar-refractivity contribution in [1.29, 1.82) is 0 Å². The molecule has 0 saturated carbocycles. The number of carbonyl (C=O) groups excluding carboxylic acids is 1. The number of aryl methyl sites for hydroxylation is 1. The molecule has 0 saturated heterocycles. The third-order valence-corrected chi connectivity index (χ3v) is 4.13. The van der Waals surface area contributed by atoms with Gasteiger partial charge in [0.25, 0.3) is 0 Å². The fourth-order valence-corrected chi connectivity index (χ4v) is 2.49. The van der Waals surface area contributed by atoms with Crippen LogP contribution in [-0.4, -0.2) is 59.6 Å². The molecule has 0 bridgehead atoms. The van der Waals surface area contributed by atoms with Gasteiger partial charge >= 0.3 is 6.03 Å². The van der Waals surface area contributed by atoms with Crippen molar-refractivity contribution in [2.45, 2.75) is 19.5 Å². The molecule has 0 fully saturated rings. The maximum atomic E-state index is 12.3. The standard InChI is InChI=1S/C18H27N5O/c1-15-5-7-16(8-6-15)17(21(2)3)13-20-18(24)22(4)11-12-23-10-9-19-14-23/h5-10,14,17H,11-13H2,1-4H3,(H,20,24)/t17-/m0/s1. The summed E-state index contributed by atoms with van der Waals surface area (Å²) in [7, 11) is 5.86. The Morgan fingerprint density at radius 1 is 1.25 bits per heavy atom. The third kappa shape index (κ3) is 5.09. The summed E-state index contributed by atoms with van der Waals surface area (Å²) in [5.74, 6) is 0. The van der Waals surface area contributed by atoms with E-state index in [0.29, 0.717) is 13.1 Å². The van der Waals surface area contributed by atoms with Crippen LogP contribution < -0.4 is 5.32 Å². The van der Waals surface area contributed by atoms with Crippen molar-refractivity contribution in [2.24, 2.45) is 0 Å². The van der Waals surface area contributed by atoms with Crippen molar-refractivity contribution < 1.29 is 4.79 Å². The molecule has 0 aliphatic rings. The van der Waals surface area contributed by atoms with Gasteiger partial charge in [0.15, 0.2) is 0 Å². The number of urea groups is 1. The first-order valence-corrected chi connectivity index (χ1v) is 8.15. The van der Waals surface area contributed by atoms with Gasteiger partial charge in [-0.05, 0) is 26.6 Å². The molecule has 1 aromatic carbocycles. The highest BCUT2D eigenvalue weighted by Crippen LogP contribution is 2.17. The number of imidazole rings is 1. The molecule has 0 aliphatic heterocycles. The van der Waals surface area contributed by atoms with Crippen molar-refractivity contribution in [3.63, 3.8) is 0 Å². The Kier molecular flexibility index (Phi) is 6.37. The minimum atomic E-state index is -0.0610. The number of hydrogen-bond acceptors (Lipinski definition) is 3. The van der Waals surface area contributed by atoms with E-state index in [1.165, 1.54) is 11.1 Å². The van der Waals surface area contributed by atoms with E-state index in [1.807, 2.05) is 31.9 Å².